The van der Waals surface area contributed by atoms with E-state index in [4.69, 9.17) is 0 Å². The highest BCUT2D eigenvalue weighted by Crippen LogP contribution is 2.24. The zero-order valence-electron chi connectivity index (χ0n) is 12.2. The normalized spacial score (nSPS) is 12.2. The Morgan fingerprint density at radius 3 is 2.06 bits per heavy atom. The second-order valence-corrected chi connectivity index (χ2v) is 6.24. The first-order chi connectivity index (χ1) is 7.81. The summed E-state index contributed by atoms with van der Waals surface area (Å²) in [6.07, 6.45) is 0. The lowest BCUT2D eigenvalue weighted by Crippen LogP contribution is -2.33. The maximum atomic E-state index is 3.58. The predicted molar refractivity (Wildman–Crippen MR) is 76.2 cm³/mol. The van der Waals surface area contributed by atoms with Crippen molar-refractivity contribution in [3.8, 4) is 0 Å². The van der Waals surface area contributed by atoms with Crippen LogP contribution in [-0.4, -0.2) is 6.54 Å². The number of hydrogen-bond acceptors (Lipinski definition) is 1. The highest BCUT2D eigenvalue weighted by Gasteiger charge is 2.21. The third-order valence-corrected chi connectivity index (χ3v) is 3.75. The Hall–Kier alpha value is -0.820. The van der Waals surface area contributed by atoms with Crippen LogP contribution in [-0.2, 0) is 6.54 Å². The highest BCUT2D eigenvalue weighted by molar-refractivity contribution is 5.28. The molecular formula is C16H27N. The smallest absolute Gasteiger partial charge is 0.0205 e. The molecule has 0 aromatic heterocycles. The van der Waals surface area contributed by atoms with Crippen LogP contribution < -0.4 is 5.32 Å². The van der Waals surface area contributed by atoms with Crippen LogP contribution in [0.1, 0.15) is 44.4 Å². The predicted octanol–water partition coefficient (Wildman–Crippen LogP) is 4.08. The van der Waals surface area contributed by atoms with Crippen molar-refractivity contribution < 1.29 is 0 Å². The van der Waals surface area contributed by atoms with E-state index in [1.54, 1.807) is 0 Å². The molecule has 0 amide bonds. The van der Waals surface area contributed by atoms with E-state index in [1.807, 2.05) is 0 Å². The van der Waals surface area contributed by atoms with Crippen LogP contribution in [0, 0.1) is 25.2 Å². The molecule has 0 aliphatic rings. The van der Waals surface area contributed by atoms with Crippen molar-refractivity contribution in [2.45, 2.75) is 48.1 Å². The van der Waals surface area contributed by atoms with E-state index in [1.165, 1.54) is 16.7 Å². The molecule has 0 aliphatic carbocycles. The van der Waals surface area contributed by atoms with Gasteiger partial charge in [0.25, 0.3) is 0 Å². The molecule has 0 bridgehead atoms. The fourth-order valence-electron chi connectivity index (χ4n) is 1.90. The summed E-state index contributed by atoms with van der Waals surface area (Å²) in [4.78, 5) is 0. The standard InChI is InChI=1S/C16H27N/c1-12(2)16(5,6)11-17-10-15-8-13(3)7-14(4)9-15/h7-9,12,17H,10-11H2,1-6H3. The van der Waals surface area contributed by atoms with Crippen LogP contribution in [0.25, 0.3) is 0 Å². The molecule has 0 spiro atoms. The Balaban J connectivity index is 2.51. The second kappa shape index (κ2) is 5.68. The van der Waals surface area contributed by atoms with Crippen molar-refractivity contribution in [2.75, 3.05) is 6.54 Å². The Labute approximate surface area is 107 Å². The quantitative estimate of drug-likeness (QED) is 0.808. The summed E-state index contributed by atoms with van der Waals surface area (Å²) in [6, 6.07) is 6.76. The first-order valence-corrected chi connectivity index (χ1v) is 6.59. The van der Waals surface area contributed by atoms with E-state index in [2.05, 4.69) is 65.1 Å². The zero-order valence-corrected chi connectivity index (χ0v) is 12.2. The largest absolute Gasteiger partial charge is 0.312 e. The van der Waals surface area contributed by atoms with Crippen molar-refractivity contribution in [1.82, 2.24) is 5.32 Å². The maximum Gasteiger partial charge on any atom is 0.0205 e. The maximum absolute atomic E-state index is 3.58. The monoisotopic (exact) mass is 233 g/mol. The molecule has 1 heteroatoms. The molecule has 96 valence electrons. The van der Waals surface area contributed by atoms with Crippen molar-refractivity contribution >= 4 is 0 Å². The summed E-state index contributed by atoms with van der Waals surface area (Å²) in [5.41, 5.74) is 4.45. The van der Waals surface area contributed by atoms with Gasteiger partial charge in [0.15, 0.2) is 0 Å². The molecule has 1 nitrogen and oxygen atoms in total. The van der Waals surface area contributed by atoms with Crippen molar-refractivity contribution in [3.05, 3.63) is 34.9 Å². The second-order valence-electron chi connectivity index (χ2n) is 6.24. The van der Waals surface area contributed by atoms with Gasteiger partial charge in [0.1, 0.15) is 0 Å². The highest BCUT2D eigenvalue weighted by atomic mass is 14.9. The average Bonchev–Trinajstić information content (AvgIpc) is 2.15. The molecule has 0 radical (unpaired) electrons. The van der Waals surface area contributed by atoms with Crippen LogP contribution in [0.15, 0.2) is 18.2 Å². The van der Waals surface area contributed by atoms with Gasteiger partial charge in [0.05, 0.1) is 0 Å². The first-order valence-electron chi connectivity index (χ1n) is 6.59. The number of nitrogens with one attached hydrogen (secondary N) is 1. The van der Waals surface area contributed by atoms with Gasteiger partial charge in [-0.05, 0) is 30.7 Å². The topological polar surface area (TPSA) is 12.0 Å². The molecule has 0 atom stereocenters. The third-order valence-electron chi connectivity index (χ3n) is 3.75. The van der Waals surface area contributed by atoms with E-state index >= 15 is 0 Å². The Bertz CT molecular complexity index is 344. The van der Waals surface area contributed by atoms with Crippen LogP contribution >= 0.6 is 0 Å². The van der Waals surface area contributed by atoms with Gasteiger partial charge in [-0.2, -0.15) is 0 Å². The molecule has 0 unspecified atom stereocenters. The zero-order chi connectivity index (χ0) is 13.1. The molecule has 1 rings (SSSR count). The molecule has 1 aromatic rings. The molecular weight excluding hydrogens is 206 g/mol. The van der Waals surface area contributed by atoms with Crippen molar-refractivity contribution in [2.24, 2.45) is 11.3 Å². The van der Waals surface area contributed by atoms with Gasteiger partial charge < -0.3 is 5.32 Å². The van der Waals surface area contributed by atoms with Crippen LogP contribution in [0.3, 0.4) is 0 Å². The van der Waals surface area contributed by atoms with E-state index in [0.29, 0.717) is 11.3 Å². The van der Waals surface area contributed by atoms with E-state index < -0.39 is 0 Å². The summed E-state index contributed by atoms with van der Waals surface area (Å²) in [7, 11) is 0. The van der Waals surface area contributed by atoms with Gasteiger partial charge in [-0.15, -0.1) is 0 Å². The minimum absolute atomic E-state index is 0.360. The van der Waals surface area contributed by atoms with E-state index in [-0.39, 0.29) is 0 Å². The van der Waals surface area contributed by atoms with Crippen LogP contribution in [0.2, 0.25) is 0 Å². The number of benzene rings is 1. The molecule has 0 aliphatic heterocycles. The summed E-state index contributed by atoms with van der Waals surface area (Å²) < 4.78 is 0. The minimum atomic E-state index is 0.360. The fourth-order valence-corrected chi connectivity index (χ4v) is 1.90. The lowest BCUT2D eigenvalue weighted by Gasteiger charge is -2.29. The number of rotatable bonds is 5. The molecule has 0 saturated heterocycles. The van der Waals surface area contributed by atoms with Gasteiger partial charge in [0.2, 0.25) is 0 Å². The summed E-state index contributed by atoms with van der Waals surface area (Å²) in [5, 5.41) is 3.58. The summed E-state index contributed by atoms with van der Waals surface area (Å²) in [5.74, 6) is 0.703. The Kier molecular flexibility index (Phi) is 4.76. The van der Waals surface area contributed by atoms with Gasteiger partial charge in [-0.25, -0.2) is 0 Å². The molecule has 1 N–H and O–H groups in total. The summed E-state index contributed by atoms with van der Waals surface area (Å²) in [6.45, 7) is 15.6. The van der Waals surface area contributed by atoms with Gasteiger partial charge in [-0.3, -0.25) is 0 Å². The van der Waals surface area contributed by atoms with E-state index in [9.17, 15) is 0 Å². The minimum Gasteiger partial charge on any atom is -0.312 e. The lowest BCUT2D eigenvalue weighted by molar-refractivity contribution is 0.238. The van der Waals surface area contributed by atoms with Crippen molar-refractivity contribution in [3.63, 3.8) is 0 Å². The Morgan fingerprint density at radius 1 is 1.06 bits per heavy atom. The molecule has 17 heavy (non-hydrogen) atoms. The Morgan fingerprint density at radius 2 is 1.59 bits per heavy atom. The van der Waals surface area contributed by atoms with Gasteiger partial charge in [-0.1, -0.05) is 57.0 Å². The number of hydrogen-bond donors (Lipinski definition) is 1. The lowest BCUT2D eigenvalue weighted by atomic mass is 9.81. The third kappa shape index (κ3) is 4.51. The van der Waals surface area contributed by atoms with Gasteiger partial charge >= 0.3 is 0 Å². The molecule has 0 saturated carbocycles. The van der Waals surface area contributed by atoms with E-state index in [0.717, 1.165) is 13.1 Å². The SMILES string of the molecule is Cc1cc(C)cc(CNCC(C)(C)C(C)C)c1. The van der Waals surface area contributed by atoms with Crippen LogP contribution in [0.5, 0.6) is 0 Å². The van der Waals surface area contributed by atoms with Gasteiger partial charge in [0, 0.05) is 13.1 Å². The number of aryl methyl sites for hydroxylation is 2. The van der Waals surface area contributed by atoms with Crippen LogP contribution in [0.4, 0.5) is 0 Å². The first kappa shape index (κ1) is 14.2. The molecule has 1 aromatic carbocycles. The molecule has 0 heterocycles. The average molecular weight is 233 g/mol. The summed E-state index contributed by atoms with van der Waals surface area (Å²) >= 11 is 0. The fraction of sp³-hybridized carbons (Fsp3) is 0.625. The van der Waals surface area contributed by atoms with Crippen molar-refractivity contribution in [1.29, 1.82) is 0 Å². The molecule has 0 fully saturated rings.